The molecule has 0 spiro atoms. The molecule has 1 saturated heterocycles. The van der Waals surface area contributed by atoms with Crippen molar-refractivity contribution < 1.29 is 9.53 Å². The summed E-state index contributed by atoms with van der Waals surface area (Å²) in [6, 6.07) is 6.76. The first-order chi connectivity index (χ1) is 12.3. The van der Waals surface area contributed by atoms with Crippen molar-refractivity contribution in [2.45, 2.75) is 45.3 Å². The smallest absolute Gasteiger partial charge is 0.410 e. The molecular weight excluding hydrogens is 332 g/mol. The highest BCUT2D eigenvalue weighted by molar-refractivity contribution is 5.78. The molecule has 0 radical (unpaired) electrons. The molecule has 1 aromatic carbocycles. The van der Waals surface area contributed by atoms with Gasteiger partial charge in [-0.3, -0.25) is 9.36 Å². The summed E-state index contributed by atoms with van der Waals surface area (Å²) in [4.78, 5) is 31.1. The number of aromatic nitrogens is 2. The van der Waals surface area contributed by atoms with Crippen LogP contribution in [0.3, 0.4) is 0 Å². The molecule has 0 N–H and O–H groups in total. The Morgan fingerprint density at radius 1 is 1.38 bits per heavy atom. The van der Waals surface area contributed by atoms with Crippen molar-refractivity contribution in [1.82, 2.24) is 14.5 Å². The van der Waals surface area contributed by atoms with Crippen LogP contribution in [0.5, 0.6) is 0 Å². The van der Waals surface area contributed by atoms with Gasteiger partial charge in [-0.05, 0) is 51.8 Å². The molecule has 2 heterocycles. The molecule has 136 valence electrons. The zero-order valence-corrected chi connectivity index (χ0v) is 15.2. The van der Waals surface area contributed by atoms with E-state index in [9.17, 15) is 9.59 Å². The van der Waals surface area contributed by atoms with Crippen molar-refractivity contribution in [3.05, 3.63) is 40.4 Å². The molecule has 1 fully saturated rings. The number of piperidine rings is 1. The van der Waals surface area contributed by atoms with Crippen LogP contribution in [-0.4, -0.2) is 39.2 Å². The van der Waals surface area contributed by atoms with Crippen LogP contribution in [0.1, 0.15) is 45.2 Å². The Morgan fingerprint density at radius 3 is 2.85 bits per heavy atom. The van der Waals surface area contributed by atoms with E-state index in [1.807, 2.05) is 26.8 Å². The largest absolute Gasteiger partial charge is 0.444 e. The van der Waals surface area contributed by atoms with Crippen LogP contribution in [0, 0.1) is 11.3 Å². The van der Waals surface area contributed by atoms with Gasteiger partial charge in [-0.1, -0.05) is 0 Å². The normalized spacial score (nSPS) is 17.8. The van der Waals surface area contributed by atoms with Crippen LogP contribution in [0.25, 0.3) is 10.9 Å². The first-order valence-electron chi connectivity index (χ1n) is 8.67. The van der Waals surface area contributed by atoms with Gasteiger partial charge >= 0.3 is 6.09 Å². The summed E-state index contributed by atoms with van der Waals surface area (Å²) in [5, 5.41) is 9.45. The van der Waals surface area contributed by atoms with Gasteiger partial charge in [-0.2, -0.15) is 5.26 Å². The summed E-state index contributed by atoms with van der Waals surface area (Å²) in [5.74, 6) is 0. The van der Waals surface area contributed by atoms with Gasteiger partial charge in [0.2, 0.25) is 0 Å². The summed E-state index contributed by atoms with van der Waals surface area (Å²) in [6.07, 6.45) is 2.74. The maximum Gasteiger partial charge on any atom is 0.410 e. The molecule has 1 aromatic heterocycles. The van der Waals surface area contributed by atoms with Crippen LogP contribution < -0.4 is 5.56 Å². The van der Waals surface area contributed by atoms with Crippen molar-refractivity contribution in [3.8, 4) is 6.07 Å². The van der Waals surface area contributed by atoms with Gasteiger partial charge in [-0.15, -0.1) is 0 Å². The minimum atomic E-state index is -0.552. The Morgan fingerprint density at radius 2 is 2.15 bits per heavy atom. The monoisotopic (exact) mass is 354 g/mol. The number of amides is 1. The standard InChI is InChI=1S/C19H22N4O3/c1-19(2,3)26-18(25)22-8-4-5-14(11-22)23-12-21-16-9-13(10-20)6-7-15(16)17(23)24/h6-7,9,12,14H,4-5,8,11H2,1-3H3/t14-/m1/s1. The van der Waals surface area contributed by atoms with E-state index in [0.29, 0.717) is 29.6 Å². The van der Waals surface area contributed by atoms with Crippen LogP contribution in [0.2, 0.25) is 0 Å². The lowest BCUT2D eigenvalue weighted by molar-refractivity contribution is 0.0171. The van der Waals surface area contributed by atoms with Crippen LogP contribution in [-0.2, 0) is 4.74 Å². The molecule has 3 rings (SSSR count). The van der Waals surface area contributed by atoms with Gasteiger partial charge in [0.05, 0.1) is 34.9 Å². The van der Waals surface area contributed by atoms with E-state index in [4.69, 9.17) is 10.00 Å². The lowest BCUT2D eigenvalue weighted by Crippen LogP contribution is -2.45. The Balaban J connectivity index is 1.87. The van der Waals surface area contributed by atoms with Gasteiger partial charge in [-0.25, -0.2) is 9.78 Å². The second-order valence-corrected chi connectivity index (χ2v) is 7.52. The van der Waals surface area contributed by atoms with E-state index in [1.165, 1.54) is 6.33 Å². The van der Waals surface area contributed by atoms with E-state index in [0.717, 1.165) is 12.8 Å². The zero-order valence-electron chi connectivity index (χ0n) is 15.2. The number of carbonyl (C=O) groups excluding carboxylic acids is 1. The minimum Gasteiger partial charge on any atom is -0.444 e. The third-order valence-electron chi connectivity index (χ3n) is 4.35. The van der Waals surface area contributed by atoms with Crippen molar-refractivity contribution in [2.24, 2.45) is 0 Å². The number of hydrogen-bond donors (Lipinski definition) is 0. The summed E-state index contributed by atoms with van der Waals surface area (Å²) >= 11 is 0. The van der Waals surface area contributed by atoms with Crippen LogP contribution >= 0.6 is 0 Å². The lowest BCUT2D eigenvalue weighted by Gasteiger charge is -2.34. The Bertz CT molecular complexity index is 936. The molecule has 7 heteroatoms. The molecule has 0 saturated carbocycles. The molecule has 1 atom stereocenters. The average Bonchev–Trinajstić information content (AvgIpc) is 2.60. The number of nitriles is 1. The number of benzene rings is 1. The minimum absolute atomic E-state index is 0.142. The van der Waals surface area contributed by atoms with Crippen molar-refractivity contribution in [2.75, 3.05) is 13.1 Å². The van der Waals surface area contributed by atoms with Gasteiger partial charge in [0.1, 0.15) is 5.60 Å². The molecule has 1 aliphatic rings. The first-order valence-corrected chi connectivity index (χ1v) is 8.67. The van der Waals surface area contributed by atoms with Crippen molar-refractivity contribution in [1.29, 1.82) is 5.26 Å². The van der Waals surface area contributed by atoms with E-state index >= 15 is 0 Å². The Labute approximate surface area is 151 Å². The summed E-state index contributed by atoms with van der Waals surface area (Å²) in [7, 11) is 0. The van der Waals surface area contributed by atoms with Crippen molar-refractivity contribution >= 4 is 17.0 Å². The van der Waals surface area contributed by atoms with E-state index < -0.39 is 5.60 Å². The zero-order chi connectivity index (χ0) is 18.9. The van der Waals surface area contributed by atoms with E-state index in [2.05, 4.69) is 4.98 Å². The number of likely N-dealkylation sites (tertiary alicyclic amines) is 1. The second-order valence-electron chi connectivity index (χ2n) is 7.52. The molecule has 0 unspecified atom stereocenters. The van der Waals surface area contributed by atoms with Gasteiger partial charge in [0.15, 0.2) is 0 Å². The third kappa shape index (κ3) is 3.69. The maximum atomic E-state index is 12.8. The number of ether oxygens (including phenoxy) is 1. The van der Waals surface area contributed by atoms with Gasteiger partial charge in [0, 0.05) is 13.1 Å². The highest BCUT2D eigenvalue weighted by Gasteiger charge is 2.29. The van der Waals surface area contributed by atoms with Crippen LogP contribution in [0.15, 0.2) is 29.3 Å². The number of fused-ring (bicyclic) bond motifs is 1. The average molecular weight is 354 g/mol. The maximum absolute atomic E-state index is 12.8. The molecule has 2 aromatic rings. The van der Waals surface area contributed by atoms with Crippen LogP contribution in [0.4, 0.5) is 4.79 Å². The number of nitrogens with zero attached hydrogens (tertiary/aromatic N) is 4. The van der Waals surface area contributed by atoms with E-state index in [-0.39, 0.29) is 17.7 Å². The molecule has 7 nitrogen and oxygen atoms in total. The molecular formula is C19H22N4O3. The topological polar surface area (TPSA) is 88.2 Å². The summed E-state index contributed by atoms with van der Waals surface area (Å²) in [6.45, 7) is 6.53. The fourth-order valence-corrected chi connectivity index (χ4v) is 3.14. The Hall–Kier alpha value is -2.88. The lowest BCUT2D eigenvalue weighted by atomic mass is 10.1. The number of carbonyl (C=O) groups is 1. The predicted molar refractivity (Wildman–Crippen MR) is 96.8 cm³/mol. The van der Waals surface area contributed by atoms with Gasteiger partial charge in [0.25, 0.3) is 5.56 Å². The van der Waals surface area contributed by atoms with Crippen molar-refractivity contribution in [3.63, 3.8) is 0 Å². The fraction of sp³-hybridized carbons (Fsp3) is 0.474. The summed E-state index contributed by atoms with van der Waals surface area (Å²) in [5.41, 5.74) is 0.264. The summed E-state index contributed by atoms with van der Waals surface area (Å²) < 4.78 is 7.03. The predicted octanol–water partition coefficient (Wildman–Crippen LogP) is 2.84. The molecule has 26 heavy (non-hydrogen) atoms. The first kappa shape index (κ1) is 17.9. The molecule has 1 aliphatic heterocycles. The number of rotatable bonds is 1. The third-order valence-corrected chi connectivity index (χ3v) is 4.35. The fourth-order valence-electron chi connectivity index (χ4n) is 3.14. The van der Waals surface area contributed by atoms with Gasteiger partial charge < -0.3 is 9.64 Å². The highest BCUT2D eigenvalue weighted by Crippen LogP contribution is 2.22. The Kier molecular flexibility index (Phi) is 4.68. The molecule has 0 aliphatic carbocycles. The quantitative estimate of drug-likeness (QED) is 0.786. The molecule has 1 amide bonds. The van der Waals surface area contributed by atoms with E-state index in [1.54, 1.807) is 27.7 Å². The highest BCUT2D eigenvalue weighted by atomic mass is 16.6. The SMILES string of the molecule is CC(C)(C)OC(=O)N1CCC[C@@H](n2cnc3cc(C#N)ccc3c2=O)C1. The number of hydrogen-bond acceptors (Lipinski definition) is 5. The second kappa shape index (κ2) is 6.79. The molecule has 0 bridgehead atoms.